The highest BCUT2D eigenvalue weighted by Gasteiger charge is 2.34. The number of thiocarbonyl (C=S) groups is 1. The first kappa shape index (κ1) is 31.0. The number of carbonyl (C=O) groups excluding carboxylic acids is 1. The van der Waals surface area contributed by atoms with E-state index in [-0.39, 0.29) is 24.8 Å². The number of hydrogen-bond donors (Lipinski definition) is 1. The highest BCUT2D eigenvalue weighted by Crippen LogP contribution is 2.37. The molecule has 2 fully saturated rings. The summed E-state index contributed by atoms with van der Waals surface area (Å²) < 4.78 is 12.2. The molecule has 4 aromatic rings. The fraction of sp³-hybridized carbons (Fsp3) is 0.250. The fourth-order valence-electron chi connectivity index (χ4n) is 5.71. The minimum absolute atomic E-state index is 0.0950. The number of morpholine rings is 1. The molecule has 6 rings (SSSR count). The molecule has 230 valence electrons. The second-order valence-electron chi connectivity index (χ2n) is 11.1. The Morgan fingerprint density at radius 1 is 0.978 bits per heavy atom. The second-order valence-corrected chi connectivity index (χ2v) is 12.8. The third-order valence-electron chi connectivity index (χ3n) is 8.10. The number of rotatable bonds is 11. The van der Waals surface area contributed by atoms with Gasteiger partial charge in [-0.15, -0.1) is 0 Å². The molecule has 0 spiro atoms. The van der Waals surface area contributed by atoms with Crippen molar-refractivity contribution in [1.29, 1.82) is 0 Å². The van der Waals surface area contributed by atoms with Crippen LogP contribution in [0.2, 0.25) is 0 Å². The number of amides is 1. The van der Waals surface area contributed by atoms with Crippen molar-refractivity contribution in [3.63, 3.8) is 0 Å². The number of thioether (sulfide) groups is 1. The zero-order valence-electron chi connectivity index (χ0n) is 24.8. The van der Waals surface area contributed by atoms with E-state index < -0.39 is 5.97 Å². The first-order valence-corrected chi connectivity index (χ1v) is 16.3. The molecule has 0 bridgehead atoms. The van der Waals surface area contributed by atoms with Crippen LogP contribution in [-0.4, -0.2) is 77.1 Å². The first-order valence-electron chi connectivity index (χ1n) is 15.0. The maximum atomic E-state index is 13.6. The first-order chi connectivity index (χ1) is 21.9. The van der Waals surface area contributed by atoms with Crippen LogP contribution in [0.15, 0.2) is 95.9 Å². The second kappa shape index (κ2) is 14.4. The number of carboxylic acid groups (broad SMARTS) is 1. The Morgan fingerprint density at radius 3 is 2.51 bits per heavy atom. The van der Waals surface area contributed by atoms with Gasteiger partial charge in [-0.3, -0.25) is 19.4 Å². The molecule has 2 aliphatic rings. The van der Waals surface area contributed by atoms with Gasteiger partial charge in [0, 0.05) is 37.7 Å². The van der Waals surface area contributed by atoms with E-state index in [1.54, 1.807) is 0 Å². The molecular weight excluding hydrogens is 605 g/mol. The van der Waals surface area contributed by atoms with Crippen LogP contribution in [0.5, 0.6) is 5.75 Å². The summed E-state index contributed by atoms with van der Waals surface area (Å²) in [6.07, 6.45) is 1.76. The summed E-state index contributed by atoms with van der Waals surface area (Å²) in [5.74, 6) is -0.728. The van der Waals surface area contributed by atoms with Gasteiger partial charge in [0.2, 0.25) is 0 Å². The summed E-state index contributed by atoms with van der Waals surface area (Å²) >= 11 is 6.86. The Balaban J connectivity index is 1.26. The number of benzene rings is 4. The number of carboxylic acids is 1. The summed E-state index contributed by atoms with van der Waals surface area (Å²) in [5, 5.41) is 11.8. The number of carbonyl (C=O) groups is 2. The van der Waals surface area contributed by atoms with E-state index in [9.17, 15) is 14.7 Å². The van der Waals surface area contributed by atoms with Gasteiger partial charge >= 0.3 is 5.97 Å². The van der Waals surface area contributed by atoms with Crippen molar-refractivity contribution in [2.75, 3.05) is 46.0 Å². The molecule has 45 heavy (non-hydrogen) atoms. The van der Waals surface area contributed by atoms with Crippen molar-refractivity contribution in [3.05, 3.63) is 107 Å². The monoisotopic (exact) mass is 638 g/mol. The van der Waals surface area contributed by atoms with Gasteiger partial charge in [-0.2, -0.15) is 0 Å². The van der Waals surface area contributed by atoms with Crippen LogP contribution < -0.4 is 4.74 Å². The molecule has 0 aromatic heterocycles. The normalized spacial score (nSPS) is 17.2. The Labute approximate surface area is 272 Å². The van der Waals surface area contributed by atoms with Crippen LogP contribution in [0, 0.1) is 0 Å². The number of hydrogen-bond acceptors (Lipinski definition) is 7. The van der Waals surface area contributed by atoms with E-state index in [1.165, 1.54) is 16.7 Å². The van der Waals surface area contributed by atoms with Gasteiger partial charge in [0.1, 0.15) is 16.7 Å². The van der Waals surface area contributed by atoms with E-state index in [1.807, 2.05) is 60.7 Å². The molecule has 9 heteroatoms. The Kier molecular flexibility index (Phi) is 9.91. The standard InChI is InChI=1S/C36H34N2O5S2/c39-34(40)23-30(26-6-2-1-3-7-26)24-38-35(41)33(45-36(38)44)21-25-10-13-32(43-19-16-37-14-17-42-18-15-37)31(20-25)29-12-11-27-8-4-5-9-28(27)22-29/h1-13,20-22,30H,14-19,23-24H2,(H,39,40). The molecule has 2 saturated heterocycles. The minimum Gasteiger partial charge on any atom is -0.492 e. The van der Waals surface area contributed by atoms with Crippen LogP contribution in [0.1, 0.15) is 23.5 Å². The lowest BCUT2D eigenvalue weighted by Gasteiger charge is -2.26. The van der Waals surface area contributed by atoms with Crippen molar-refractivity contribution < 1.29 is 24.2 Å². The van der Waals surface area contributed by atoms with E-state index in [4.69, 9.17) is 21.7 Å². The van der Waals surface area contributed by atoms with Crippen molar-refractivity contribution >= 4 is 57.0 Å². The average Bonchev–Trinajstić information content (AvgIpc) is 3.32. The molecule has 4 aromatic carbocycles. The van der Waals surface area contributed by atoms with Crippen molar-refractivity contribution in [2.24, 2.45) is 0 Å². The highest BCUT2D eigenvalue weighted by atomic mass is 32.2. The lowest BCUT2D eigenvalue weighted by Crippen LogP contribution is -2.38. The molecule has 0 saturated carbocycles. The molecule has 7 nitrogen and oxygen atoms in total. The number of aliphatic carboxylic acids is 1. The third kappa shape index (κ3) is 7.62. The topological polar surface area (TPSA) is 79.3 Å². The largest absolute Gasteiger partial charge is 0.492 e. The molecule has 1 atom stereocenters. The van der Waals surface area contributed by atoms with Crippen LogP contribution in [0.3, 0.4) is 0 Å². The highest BCUT2D eigenvalue weighted by molar-refractivity contribution is 8.26. The van der Waals surface area contributed by atoms with Gasteiger partial charge in [-0.25, -0.2) is 0 Å². The van der Waals surface area contributed by atoms with Crippen molar-refractivity contribution in [1.82, 2.24) is 9.80 Å². The van der Waals surface area contributed by atoms with Gasteiger partial charge in [-0.1, -0.05) is 96.8 Å². The fourth-order valence-corrected chi connectivity index (χ4v) is 6.98. The Morgan fingerprint density at radius 2 is 1.73 bits per heavy atom. The molecule has 1 unspecified atom stereocenters. The van der Waals surface area contributed by atoms with Gasteiger partial charge in [-0.05, 0) is 51.7 Å². The molecule has 1 amide bonds. The van der Waals surface area contributed by atoms with Crippen LogP contribution in [0.25, 0.3) is 28.0 Å². The summed E-state index contributed by atoms with van der Waals surface area (Å²) in [6, 6.07) is 30.0. The SMILES string of the molecule is O=C(O)CC(CN1C(=O)C(=Cc2ccc(OCCN3CCOCC3)c(-c3ccc4ccccc4c3)c2)SC1=S)c1ccccc1. The van der Waals surface area contributed by atoms with Gasteiger partial charge in [0.25, 0.3) is 5.91 Å². The summed E-state index contributed by atoms with van der Waals surface area (Å²) in [4.78, 5) is 29.6. The number of fused-ring (bicyclic) bond motifs is 1. The van der Waals surface area contributed by atoms with Crippen molar-refractivity contribution in [2.45, 2.75) is 12.3 Å². The number of ether oxygens (including phenoxy) is 2. The lowest BCUT2D eigenvalue weighted by molar-refractivity contribution is -0.137. The third-order valence-corrected chi connectivity index (χ3v) is 9.48. The molecule has 0 radical (unpaired) electrons. The van der Waals surface area contributed by atoms with Gasteiger partial charge in [0.05, 0.1) is 24.5 Å². The maximum Gasteiger partial charge on any atom is 0.304 e. The number of nitrogens with zero attached hydrogens (tertiary/aromatic N) is 2. The van der Waals surface area contributed by atoms with E-state index in [0.29, 0.717) is 15.8 Å². The maximum absolute atomic E-state index is 13.6. The van der Waals surface area contributed by atoms with Crippen molar-refractivity contribution in [3.8, 4) is 16.9 Å². The van der Waals surface area contributed by atoms with Gasteiger partial charge in [0.15, 0.2) is 0 Å². The summed E-state index contributed by atoms with van der Waals surface area (Å²) in [6.45, 7) is 4.87. The van der Waals surface area contributed by atoms with E-state index in [0.717, 1.165) is 71.6 Å². The van der Waals surface area contributed by atoms with E-state index >= 15 is 0 Å². The van der Waals surface area contributed by atoms with Crippen LogP contribution in [-0.2, 0) is 14.3 Å². The summed E-state index contributed by atoms with van der Waals surface area (Å²) in [5.41, 5.74) is 3.68. The Bertz CT molecular complexity index is 1740. The minimum atomic E-state index is -0.918. The molecule has 0 aliphatic carbocycles. The molecule has 1 N–H and O–H groups in total. The predicted octanol–water partition coefficient (Wildman–Crippen LogP) is 6.68. The van der Waals surface area contributed by atoms with Crippen LogP contribution >= 0.6 is 24.0 Å². The molecular formula is C36H34N2O5S2. The van der Waals surface area contributed by atoms with Crippen LogP contribution in [0.4, 0.5) is 0 Å². The smallest absolute Gasteiger partial charge is 0.304 e. The lowest BCUT2D eigenvalue weighted by atomic mass is 9.95. The zero-order chi connectivity index (χ0) is 31.2. The quantitative estimate of drug-likeness (QED) is 0.144. The Hall–Kier alpha value is -4.02. The molecule has 2 aliphatic heterocycles. The predicted molar refractivity (Wildman–Crippen MR) is 183 cm³/mol. The van der Waals surface area contributed by atoms with Gasteiger partial charge < -0.3 is 14.6 Å². The summed E-state index contributed by atoms with van der Waals surface area (Å²) in [7, 11) is 0. The van der Waals surface area contributed by atoms with E-state index in [2.05, 4.69) is 41.3 Å². The molecule has 2 heterocycles. The average molecular weight is 639 g/mol. The zero-order valence-corrected chi connectivity index (χ0v) is 26.4.